The fourth-order valence-electron chi connectivity index (χ4n) is 2.32. The van der Waals surface area contributed by atoms with Crippen molar-refractivity contribution in [2.75, 3.05) is 32.8 Å². The molecule has 0 bridgehead atoms. The Morgan fingerprint density at radius 2 is 2.10 bits per heavy atom. The summed E-state index contributed by atoms with van der Waals surface area (Å²) in [4.78, 5) is 17.8. The Balaban J connectivity index is 1.67. The maximum absolute atomic E-state index is 12.0. The van der Waals surface area contributed by atoms with Crippen molar-refractivity contribution in [1.29, 1.82) is 0 Å². The molecule has 2 heterocycles. The quantitative estimate of drug-likeness (QED) is 0.807. The average Bonchev–Trinajstić information content (AvgIpc) is 2.92. The van der Waals surface area contributed by atoms with Crippen LogP contribution in [0.3, 0.4) is 0 Å². The molecule has 1 aromatic rings. The maximum Gasteiger partial charge on any atom is 0.224 e. The van der Waals surface area contributed by atoms with Crippen LogP contribution in [0.25, 0.3) is 0 Å². The van der Waals surface area contributed by atoms with E-state index in [0.29, 0.717) is 13.0 Å². The SMILES string of the molecule is CC(C)OCCC(=O)N1CCN(Cc2cccs2)CC1. The zero-order valence-corrected chi connectivity index (χ0v) is 13.2. The lowest BCUT2D eigenvalue weighted by atomic mass is 10.2. The first kappa shape index (κ1) is 15.5. The number of carbonyl (C=O) groups excluding carboxylic acids is 1. The standard InChI is InChI=1S/C15H24N2O2S/c1-13(2)19-10-5-15(18)17-8-6-16(7-9-17)12-14-4-3-11-20-14/h3-4,11,13H,5-10,12H2,1-2H3. The molecule has 1 amide bonds. The molecular formula is C15H24N2O2S. The van der Waals surface area contributed by atoms with Crippen molar-refractivity contribution in [3.8, 4) is 0 Å². The van der Waals surface area contributed by atoms with E-state index in [1.807, 2.05) is 18.7 Å². The predicted molar refractivity (Wildman–Crippen MR) is 81.9 cm³/mol. The molecule has 5 heteroatoms. The molecule has 20 heavy (non-hydrogen) atoms. The maximum atomic E-state index is 12.0. The van der Waals surface area contributed by atoms with Gasteiger partial charge in [0, 0.05) is 37.6 Å². The van der Waals surface area contributed by atoms with Crippen LogP contribution in [-0.2, 0) is 16.1 Å². The summed E-state index contributed by atoms with van der Waals surface area (Å²) in [5.74, 6) is 0.224. The molecule has 0 unspecified atom stereocenters. The van der Waals surface area contributed by atoms with Gasteiger partial charge in [-0.2, -0.15) is 0 Å². The van der Waals surface area contributed by atoms with Crippen molar-refractivity contribution < 1.29 is 9.53 Å². The molecule has 4 nitrogen and oxygen atoms in total. The van der Waals surface area contributed by atoms with Gasteiger partial charge in [-0.15, -0.1) is 11.3 Å². The lowest BCUT2D eigenvalue weighted by molar-refractivity contribution is -0.134. The second-order valence-electron chi connectivity index (χ2n) is 5.41. The average molecular weight is 296 g/mol. The Hall–Kier alpha value is -0.910. The number of nitrogens with zero attached hydrogens (tertiary/aromatic N) is 2. The molecule has 0 saturated carbocycles. The number of ether oxygens (including phenoxy) is 1. The number of rotatable bonds is 6. The van der Waals surface area contributed by atoms with E-state index < -0.39 is 0 Å². The van der Waals surface area contributed by atoms with Gasteiger partial charge in [-0.3, -0.25) is 9.69 Å². The molecule has 0 N–H and O–H groups in total. The lowest BCUT2D eigenvalue weighted by Crippen LogP contribution is -2.48. The Bertz CT molecular complexity index is 398. The zero-order chi connectivity index (χ0) is 14.4. The molecule has 1 aromatic heterocycles. The van der Waals surface area contributed by atoms with Gasteiger partial charge in [-0.25, -0.2) is 0 Å². The van der Waals surface area contributed by atoms with E-state index in [1.54, 1.807) is 11.3 Å². The molecule has 1 aliphatic rings. The van der Waals surface area contributed by atoms with Crippen molar-refractivity contribution >= 4 is 17.2 Å². The van der Waals surface area contributed by atoms with Gasteiger partial charge >= 0.3 is 0 Å². The van der Waals surface area contributed by atoms with E-state index in [4.69, 9.17) is 4.74 Å². The predicted octanol–water partition coefficient (Wildman–Crippen LogP) is 2.21. The minimum atomic E-state index is 0.199. The monoisotopic (exact) mass is 296 g/mol. The van der Waals surface area contributed by atoms with Crippen LogP contribution in [0.5, 0.6) is 0 Å². The summed E-state index contributed by atoms with van der Waals surface area (Å²) in [6, 6.07) is 4.26. The van der Waals surface area contributed by atoms with Crippen molar-refractivity contribution in [3.05, 3.63) is 22.4 Å². The van der Waals surface area contributed by atoms with Crippen LogP contribution in [0.4, 0.5) is 0 Å². The van der Waals surface area contributed by atoms with Crippen molar-refractivity contribution in [3.63, 3.8) is 0 Å². The van der Waals surface area contributed by atoms with Gasteiger partial charge in [-0.1, -0.05) is 6.07 Å². The minimum Gasteiger partial charge on any atom is -0.378 e. The minimum absolute atomic E-state index is 0.199. The topological polar surface area (TPSA) is 32.8 Å². The lowest BCUT2D eigenvalue weighted by Gasteiger charge is -2.34. The van der Waals surface area contributed by atoms with E-state index in [0.717, 1.165) is 32.7 Å². The molecule has 0 atom stereocenters. The smallest absolute Gasteiger partial charge is 0.224 e. The third-order valence-electron chi connectivity index (χ3n) is 3.45. The van der Waals surface area contributed by atoms with Gasteiger partial charge in [0.1, 0.15) is 0 Å². The van der Waals surface area contributed by atoms with E-state index in [1.165, 1.54) is 4.88 Å². The van der Waals surface area contributed by atoms with Gasteiger partial charge in [0.15, 0.2) is 0 Å². The van der Waals surface area contributed by atoms with Gasteiger partial charge in [0.05, 0.1) is 19.1 Å². The summed E-state index contributed by atoms with van der Waals surface area (Å²) in [5.41, 5.74) is 0. The van der Waals surface area contributed by atoms with Crippen LogP contribution in [-0.4, -0.2) is 54.6 Å². The second-order valence-corrected chi connectivity index (χ2v) is 6.44. The van der Waals surface area contributed by atoms with E-state index in [-0.39, 0.29) is 12.0 Å². The zero-order valence-electron chi connectivity index (χ0n) is 12.4. The summed E-state index contributed by atoms with van der Waals surface area (Å²) in [5, 5.41) is 2.11. The van der Waals surface area contributed by atoms with Crippen LogP contribution in [0.2, 0.25) is 0 Å². The first-order chi connectivity index (χ1) is 9.65. The molecule has 1 fully saturated rings. The number of carbonyl (C=O) groups is 1. The number of thiophene rings is 1. The molecule has 1 saturated heterocycles. The first-order valence-electron chi connectivity index (χ1n) is 7.29. The van der Waals surface area contributed by atoms with Crippen LogP contribution < -0.4 is 0 Å². The number of amides is 1. The Morgan fingerprint density at radius 3 is 2.70 bits per heavy atom. The van der Waals surface area contributed by atoms with Crippen molar-refractivity contribution in [2.24, 2.45) is 0 Å². The Kier molecular flexibility index (Phi) is 6.01. The number of piperazine rings is 1. The van der Waals surface area contributed by atoms with Crippen LogP contribution in [0.1, 0.15) is 25.1 Å². The fourth-order valence-corrected chi connectivity index (χ4v) is 3.06. The second kappa shape index (κ2) is 7.76. The third kappa shape index (κ3) is 4.89. The van der Waals surface area contributed by atoms with Crippen LogP contribution >= 0.6 is 11.3 Å². The third-order valence-corrected chi connectivity index (χ3v) is 4.31. The molecule has 0 aliphatic carbocycles. The molecule has 0 spiro atoms. The number of hydrogen-bond donors (Lipinski definition) is 0. The summed E-state index contributed by atoms with van der Waals surface area (Å²) in [7, 11) is 0. The van der Waals surface area contributed by atoms with Crippen LogP contribution in [0.15, 0.2) is 17.5 Å². The highest BCUT2D eigenvalue weighted by molar-refractivity contribution is 7.09. The molecule has 112 valence electrons. The molecular weight excluding hydrogens is 272 g/mol. The molecule has 2 rings (SSSR count). The highest BCUT2D eigenvalue weighted by Crippen LogP contribution is 2.13. The Morgan fingerprint density at radius 1 is 1.35 bits per heavy atom. The fraction of sp³-hybridized carbons (Fsp3) is 0.667. The molecule has 1 aliphatic heterocycles. The largest absolute Gasteiger partial charge is 0.378 e. The molecule has 0 aromatic carbocycles. The van der Waals surface area contributed by atoms with E-state index >= 15 is 0 Å². The van der Waals surface area contributed by atoms with Gasteiger partial charge in [0.25, 0.3) is 0 Å². The van der Waals surface area contributed by atoms with Gasteiger partial charge in [-0.05, 0) is 25.3 Å². The van der Waals surface area contributed by atoms with Crippen molar-refractivity contribution in [2.45, 2.75) is 32.9 Å². The van der Waals surface area contributed by atoms with Gasteiger partial charge < -0.3 is 9.64 Å². The van der Waals surface area contributed by atoms with Crippen LogP contribution in [0, 0.1) is 0 Å². The highest BCUT2D eigenvalue weighted by Gasteiger charge is 2.20. The van der Waals surface area contributed by atoms with E-state index in [9.17, 15) is 4.79 Å². The summed E-state index contributed by atoms with van der Waals surface area (Å²) in [6.07, 6.45) is 0.703. The van der Waals surface area contributed by atoms with Crippen molar-refractivity contribution in [1.82, 2.24) is 9.80 Å². The first-order valence-corrected chi connectivity index (χ1v) is 8.17. The summed E-state index contributed by atoms with van der Waals surface area (Å²) < 4.78 is 5.44. The highest BCUT2D eigenvalue weighted by atomic mass is 32.1. The number of hydrogen-bond acceptors (Lipinski definition) is 4. The Labute approximate surface area is 125 Å². The van der Waals surface area contributed by atoms with Gasteiger partial charge in [0.2, 0.25) is 5.91 Å². The molecule has 0 radical (unpaired) electrons. The summed E-state index contributed by atoms with van der Waals surface area (Å²) in [6.45, 7) is 9.14. The normalized spacial score (nSPS) is 16.9. The summed E-state index contributed by atoms with van der Waals surface area (Å²) >= 11 is 1.80. The van der Waals surface area contributed by atoms with E-state index in [2.05, 4.69) is 22.4 Å².